The minimum Gasteiger partial charge on any atom is -0.396 e. The molecule has 2 rings (SSSR count). The van der Waals surface area contributed by atoms with Gasteiger partial charge in [0.2, 0.25) is 0 Å². The number of carbonyl (C=O) groups is 1. The number of hydrogen-bond acceptors (Lipinski definition) is 3. The highest BCUT2D eigenvalue weighted by Gasteiger charge is 2.23. The predicted octanol–water partition coefficient (Wildman–Crippen LogP) is 3.28. The largest absolute Gasteiger partial charge is 0.396 e. The third-order valence-electron chi connectivity index (χ3n) is 4.12. The van der Waals surface area contributed by atoms with Crippen molar-refractivity contribution in [1.29, 1.82) is 5.26 Å². The molecule has 1 amide bonds. The van der Waals surface area contributed by atoms with Crippen LogP contribution in [0.2, 0.25) is 0 Å². The maximum atomic E-state index is 13.0. The molecule has 0 bridgehead atoms. The smallest absolute Gasteiger partial charge is 0.254 e. The zero-order valence-corrected chi connectivity index (χ0v) is 14.1. The van der Waals surface area contributed by atoms with Gasteiger partial charge in [0, 0.05) is 24.8 Å². The monoisotopic (exact) mass is 322 g/mol. The van der Waals surface area contributed by atoms with Gasteiger partial charge in [-0.15, -0.1) is 0 Å². The van der Waals surface area contributed by atoms with Crippen LogP contribution in [0.4, 0.5) is 0 Å². The summed E-state index contributed by atoms with van der Waals surface area (Å²) in [5, 5.41) is 18.2. The van der Waals surface area contributed by atoms with Crippen molar-refractivity contribution >= 4 is 5.91 Å². The molecular weight excluding hydrogens is 300 g/mol. The number of rotatable bonds is 6. The number of nitrogens with zero attached hydrogens (tertiary/aromatic N) is 2. The summed E-state index contributed by atoms with van der Waals surface area (Å²) in [6.07, 6.45) is 0.522. The van der Waals surface area contributed by atoms with Crippen LogP contribution in [0.15, 0.2) is 48.5 Å². The predicted molar refractivity (Wildman–Crippen MR) is 93.4 cm³/mol. The fraction of sp³-hybridized carbons (Fsp3) is 0.300. The Balaban J connectivity index is 2.32. The summed E-state index contributed by atoms with van der Waals surface area (Å²) in [7, 11) is 0. The first-order valence-electron chi connectivity index (χ1n) is 8.03. The zero-order valence-electron chi connectivity index (χ0n) is 14.1. The minimum atomic E-state index is -0.0854. The topological polar surface area (TPSA) is 64.3 Å². The summed E-state index contributed by atoms with van der Waals surface area (Å²) in [6.45, 7) is 4.30. The van der Waals surface area contributed by atoms with Crippen molar-refractivity contribution in [3.8, 4) is 6.07 Å². The molecule has 0 aromatic heterocycles. The van der Waals surface area contributed by atoms with Crippen LogP contribution in [-0.2, 0) is 6.54 Å². The molecule has 0 saturated heterocycles. The van der Waals surface area contributed by atoms with E-state index in [1.165, 1.54) is 0 Å². The van der Waals surface area contributed by atoms with Crippen LogP contribution in [-0.4, -0.2) is 28.6 Å². The summed E-state index contributed by atoms with van der Waals surface area (Å²) >= 11 is 0. The Bertz CT molecular complexity index is 735. The highest BCUT2D eigenvalue weighted by Crippen LogP contribution is 2.18. The molecule has 24 heavy (non-hydrogen) atoms. The van der Waals surface area contributed by atoms with Gasteiger partial charge in [-0.3, -0.25) is 4.79 Å². The maximum Gasteiger partial charge on any atom is 0.254 e. The van der Waals surface area contributed by atoms with Gasteiger partial charge in [0.05, 0.1) is 11.6 Å². The molecule has 2 aromatic rings. The van der Waals surface area contributed by atoms with E-state index in [9.17, 15) is 9.90 Å². The van der Waals surface area contributed by atoms with Crippen molar-refractivity contribution in [1.82, 2.24) is 4.90 Å². The van der Waals surface area contributed by atoms with Crippen LogP contribution in [0.1, 0.15) is 40.4 Å². The van der Waals surface area contributed by atoms with E-state index in [2.05, 4.69) is 6.07 Å². The summed E-state index contributed by atoms with van der Waals surface area (Å²) in [5.74, 6) is -0.0817. The molecule has 0 aliphatic heterocycles. The minimum absolute atomic E-state index is 0.0338. The first-order chi connectivity index (χ1) is 11.6. The Morgan fingerprint density at radius 3 is 2.54 bits per heavy atom. The van der Waals surface area contributed by atoms with Gasteiger partial charge < -0.3 is 10.0 Å². The van der Waals surface area contributed by atoms with Gasteiger partial charge in [-0.1, -0.05) is 30.3 Å². The van der Waals surface area contributed by atoms with Crippen LogP contribution in [0.3, 0.4) is 0 Å². The van der Waals surface area contributed by atoms with Crippen molar-refractivity contribution in [3.05, 3.63) is 70.8 Å². The molecule has 4 heteroatoms. The van der Waals surface area contributed by atoms with E-state index in [0.717, 1.165) is 11.1 Å². The van der Waals surface area contributed by atoms with Crippen LogP contribution in [0, 0.1) is 18.3 Å². The third kappa shape index (κ3) is 4.21. The molecule has 0 fully saturated rings. The van der Waals surface area contributed by atoms with Gasteiger partial charge in [0.1, 0.15) is 0 Å². The normalized spacial score (nSPS) is 11.6. The highest BCUT2D eigenvalue weighted by molar-refractivity contribution is 5.96. The second-order valence-corrected chi connectivity index (χ2v) is 5.92. The van der Waals surface area contributed by atoms with Gasteiger partial charge in [0.25, 0.3) is 5.91 Å². The summed E-state index contributed by atoms with van der Waals surface area (Å²) in [5.41, 5.74) is 2.96. The van der Waals surface area contributed by atoms with E-state index in [-0.39, 0.29) is 18.6 Å². The molecule has 0 aliphatic carbocycles. The molecule has 4 nitrogen and oxygen atoms in total. The standard InChI is InChI=1S/C20H22N2O2/c1-15-12-18(13-21)8-9-19(15)20(24)22(16(2)10-11-23)14-17-6-4-3-5-7-17/h3-9,12,16,23H,10-11,14H2,1-2H3. The second kappa shape index (κ2) is 8.28. The fourth-order valence-electron chi connectivity index (χ4n) is 2.68. The molecule has 0 spiro atoms. The summed E-state index contributed by atoms with van der Waals surface area (Å²) in [4.78, 5) is 14.8. The highest BCUT2D eigenvalue weighted by atomic mass is 16.3. The van der Waals surface area contributed by atoms with E-state index in [1.54, 1.807) is 23.1 Å². The lowest BCUT2D eigenvalue weighted by molar-refractivity contribution is 0.0648. The van der Waals surface area contributed by atoms with E-state index in [1.807, 2.05) is 44.2 Å². The molecule has 0 heterocycles. The number of aliphatic hydroxyl groups excluding tert-OH is 1. The van der Waals surface area contributed by atoms with Gasteiger partial charge in [0.15, 0.2) is 0 Å². The molecule has 1 atom stereocenters. The Labute approximate surface area is 143 Å². The number of amides is 1. The Kier molecular flexibility index (Phi) is 6.11. The van der Waals surface area contributed by atoms with Crippen molar-refractivity contribution in [2.75, 3.05) is 6.61 Å². The van der Waals surface area contributed by atoms with Gasteiger partial charge >= 0.3 is 0 Å². The van der Waals surface area contributed by atoms with Gasteiger partial charge in [-0.25, -0.2) is 0 Å². The van der Waals surface area contributed by atoms with Crippen molar-refractivity contribution in [3.63, 3.8) is 0 Å². The van der Waals surface area contributed by atoms with Crippen molar-refractivity contribution < 1.29 is 9.90 Å². The van der Waals surface area contributed by atoms with E-state index in [0.29, 0.717) is 24.1 Å². The molecule has 1 N–H and O–H groups in total. The Hall–Kier alpha value is -2.64. The number of nitriles is 1. The van der Waals surface area contributed by atoms with Crippen LogP contribution in [0.25, 0.3) is 0 Å². The molecule has 2 aromatic carbocycles. The first-order valence-corrected chi connectivity index (χ1v) is 8.03. The van der Waals surface area contributed by atoms with Crippen LogP contribution < -0.4 is 0 Å². The summed E-state index contributed by atoms with van der Waals surface area (Å²) < 4.78 is 0. The molecule has 1 unspecified atom stereocenters. The average Bonchev–Trinajstić information content (AvgIpc) is 2.60. The third-order valence-corrected chi connectivity index (χ3v) is 4.12. The maximum absolute atomic E-state index is 13.0. The van der Waals surface area contributed by atoms with E-state index in [4.69, 9.17) is 5.26 Å². The quantitative estimate of drug-likeness (QED) is 0.887. The summed E-state index contributed by atoms with van der Waals surface area (Å²) in [6, 6.07) is 16.9. The number of aliphatic hydroxyl groups is 1. The fourth-order valence-corrected chi connectivity index (χ4v) is 2.68. The van der Waals surface area contributed by atoms with E-state index < -0.39 is 0 Å². The van der Waals surface area contributed by atoms with Crippen molar-refractivity contribution in [2.24, 2.45) is 0 Å². The lowest BCUT2D eigenvalue weighted by Crippen LogP contribution is -2.39. The SMILES string of the molecule is Cc1cc(C#N)ccc1C(=O)N(Cc1ccccc1)C(C)CCO. The van der Waals surface area contributed by atoms with Crippen molar-refractivity contribution in [2.45, 2.75) is 32.9 Å². The van der Waals surface area contributed by atoms with Gasteiger partial charge in [-0.05, 0) is 49.6 Å². The van der Waals surface area contributed by atoms with E-state index >= 15 is 0 Å². The molecular formula is C20H22N2O2. The number of aryl methyl sites for hydroxylation is 1. The van der Waals surface area contributed by atoms with Crippen LogP contribution in [0.5, 0.6) is 0 Å². The number of hydrogen-bond donors (Lipinski definition) is 1. The number of benzene rings is 2. The number of carbonyl (C=O) groups excluding carboxylic acids is 1. The van der Waals surface area contributed by atoms with Gasteiger partial charge in [-0.2, -0.15) is 5.26 Å². The molecule has 124 valence electrons. The lowest BCUT2D eigenvalue weighted by atomic mass is 10.0. The zero-order chi connectivity index (χ0) is 17.5. The Morgan fingerprint density at radius 1 is 1.25 bits per heavy atom. The Morgan fingerprint density at radius 2 is 1.96 bits per heavy atom. The molecule has 0 radical (unpaired) electrons. The molecule has 0 saturated carbocycles. The second-order valence-electron chi connectivity index (χ2n) is 5.92. The molecule has 0 aliphatic rings. The first kappa shape index (κ1) is 17.7. The average molecular weight is 322 g/mol. The lowest BCUT2D eigenvalue weighted by Gasteiger charge is -2.30. The van der Waals surface area contributed by atoms with Crippen LogP contribution >= 0.6 is 0 Å².